The maximum absolute atomic E-state index is 12.9. The lowest BCUT2D eigenvalue weighted by Crippen LogP contribution is -3.16. The molecular formula is C24H33N4O+. The number of aryl methyl sites for hydroxylation is 1. The fraction of sp³-hybridized carbons (Fsp3) is 0.458. The normalized spacial score (nSPS) is 18.2. The van der Waals surface area contributed by atoms with Crippen LogP contribution in [0.4, 0.5) is 11.4 Å². The topological polar surface area (TPSA) is 31.2 Å². The number of nitrogens with zero attached hydrogens (tertiary/aromatic N) is 3. The molecule has 2 fully saturated rings. The zero-order chi connectivity index (χ0) is 20.2. The molecule has 4 rings (SSSR count). The second kappa shape index (κ2) is 8.87. The molecule has 1 amide bonds. The van der Waals surface area contributed by atoms with E-state index in [1.165, 1.54) is 27.4 Å². The average molecular weight is 394 g/mol. The van der Waals surface area contributed by atoms with Crippen LogP contribution in [0.25, 0.3) is 0 Å². The number of nitrogens with one attached hydrogen (secondary N) is 1. The molecule has 1 N–H and O–H groups in total. The Morgan fingerprint density at radius 3 is 2.21 bits per heavy atom. The van der Waals surface area contributed by atoms with Crippen molar-refractivity contribution in [3.05, 3.63) is 59.7 Å². The summed E-state index contributed by atoms with van der Waals surface area (Å²) in [6.07, 6.45) is 0. The van der Waals surface area contributed by atoms with Crippen molar-refractivity contribution in [2.45, 2.75) is 13.8 Å². The molecule has 2 heterocycles. The van der Waals surface area contributed by atoms with Crippen LogP contribution in [0.1, 0.15) is 11.1 Å². The Morgan fingerprint density at radius 2 is 1.52 bits per heavy atom. The molecule has 29 heavy (non-hydrogen) atoms. The van der Waals surface area contributed by atoms with Crippen molar-refractivity contribution in [2.24, 2.45) is 0 Å². The van der Waals surface area contributed by atoms with Crippen LogP contribution < -0.4 is 14.7 Å². The van der Waals surface area contributed by atoms with Crippen molar-refractivity contribution in [3.8, 4) is 0 Å². The molecule has 2 aliphatic heterocycles. The number of rotatable bonds is 4. The largest absolute Gasteiger partial charge is 0.368 e. The third-order valence-corrected chi connectivity index (χ3v) is 6.54. The van der Waals surface area contributed by atoms with E-state index in [4.69, 9.17) is 0 Å². The number of carbonyl (C=O) groups is 1. The number of anilines is 2. The fourth-order valence-electron chi connectivity index (χ4n) is 4.50. The first kappa shape index (κ1) is 19.8. The predicted octanol–water partition coefficient (Wildman–Crippen LogP) is 1.36. The van der Waals surface area contributed by atoms with Gasteiger partial charge in [0.15, 0.2) is 6.54 Å². The van der Waals surface area contributed by atoms with E-state index in [9.17, 15) is 4.79 Å². The zero-order valence-electron chi connectivity index (χ0n) is 17.7. The second-order valence-corrected chi connectivity index (χ2v) is 8.34. The summed E-state index contributed by atoms with van der Waals surface area (Å²) in [4.78, 5) is 21.2. The Kier molecular flexibility index (Phi) is 6.05. The Hall–Kier alpha value is -2.53. The van der Waals surface area contributed by atoms with Gasteiger partial charge in [-0.2, -0.15) is 0 Å². The van der Waals surface area contributed by atoms with Crippen LogP contribution >= 0.6 is 0 Å². The third-order valence-electron chi connectivity index (χ3n) is 6.54. The molecule has 0 atom stereocenters. The highest BCUT2D eigenvalue weighted by Gasteiger charge is 2.27. The van der Waals surface area contributed by atoms with Gasteiger partial charge in [0, 0.05) is 37.6 Å². The van der Waals surface area contributed by atoms with E-state index in [0.717, 1.165) is 52.4 Å². The molecule has 5 nitrogen and oxygen atoms in total. The number of carbonyl (C=O) groups excluding carboxylic acids is 1. The summed E-state index contributed by atoms with van der Waals surface area (Å²) >= 11 is 0. The van der Waals surface area contributed by atoms with Crippen molar-refractivity contribution in [3.63, 3.8) is 0 Å². The van der Waals surface area contributed by atoms with Gasteiger partial charge in [0.1, 0.15) is 0 Å². The van der Waals surface area contributed by atoms with Gasteiger partial charge in [-0.15, -0.1) is 0 Å². The Labute approximate surface area is 174 Å². The Balaban J connectivity index is 1.25. The number of piperazine rings is 2. The molecular weight excluding hydrogens is 360 g/mol. The minimum Gasteiger partial charge on any atom is -0.368 e. The fourth-order valence-corrected chi connectivity index (χ4v) is 4.50. The van der Waals surface area contributed by atoms with Gasteiger partial charge in [0.25, 0.3) is 5.91 Å². The monoisotopic (exact) mass is 393 g/mol. The minimum absolute atomic E-state index is 0.314. The van der Waals surface area contributed by atoms with Crippen LogP contribution in [0.15, 0.2) is 48.5 Å². The molecule has 5 heteroatoms. The number of quaternary nitrogens is 1. The van der Waals surface area contributed by atoms with Gasteiger partial charge in [0.2, 0.25) is 0 Å². The van der Waals surface area contributed by atoms with Crippen molar-refractivity contribution >= 4 is 17.3 Å². The summed E-state index contributed by atoms with van der Waals surface area (Å²) in [5, 5.41) is 0. The third kappa shape index (κ3) is 4.56. The summed E-state index contributed by atoms with van der Waals surface area (Å²) < 4.78 is 0. The van der Waals surface area contributed by atoms with Gasteiger partial charge in [-0.05, 0) is 43.2 Å². The van der Waals surface area contributed by atoms with Gasteiger partial charge in [0.05, 0.1) is 26.2 Å². The molecule has 0 aromatic heterocycles. The second-order valence-electron chi connectivity index (χ2n) is 8.34. The van der Waals surface area contributed by atoms with Crippen LogP contribution in [0.3, 0.4) is 0 Å². The van der Waals surface area contributed by atoms with E-state index in [1.807, 2.05) is 0 Å². The van der Waals surface area contributed by atoms with Crippen molar-refractivity contribution in [2.75, 3.05) is 68.7 Å². The van der Waals surface area contributed by atoms with Crippen LogP contribution in [0.2, 0.25) is 0 Å². The minimum atomic E-state index is 0.314. The van der Waals surface area contributed by atoms with E-state index in [2.05, 4.69) is 77.1 Å². The summed E-state index contributed by atoms with van der Waals surface area (Å²) in [5.41, 5.74) is 5.30. The molecule has 2 saturated heterocycles. The first-order valence-corrected chi connectivity index (χ1v) is 10.8. The molecule has 0 unspecified atom stereocenters. The van der Waals surface area contributed by atoms with Gasteiger partial charge >= 0.3 is 0 Å². The molecule has 2 aromatic rings. The first-order valence-electron chi connectivity index (χ1n) is 10.8. The maximum atomic E-state index is 12.9. The SMILES string of the molecule is Cc1cccc(N2CCN(C(=O)C[NH+]3CCN(c4ccccc4)CC3)CC2)c1C. The summed E-state index contributed by atoms with van der Waals surface area (Å²) in [6, 6.07) is 17.1. The van der Waals surface area contributed by atoms with Gasteiger partial charge < -0.3 is 19.6 Å². The molecule has 154 valence electrons. The standard InChI is InChI=1S/C24H32N4O/c1-20-7-6-10-23(21(20)2)27-15-17-28(18-16-27)24(29)19-25-11-13-26(14-12-25)22-8-4-3-5-9-22/h3-10H,11-19H2,1-2H3/p+1. The first-order chi connectivity index (χ1) is 14.1. The van der Waals surface area contributed by atoms with Crippen molar-refractivity contribution in [1.29, 1.82) is 0 Å². The number of benzene rings is 2. The van der Waals surface area contributed by atoms with E-state index < -0.39 is 0 Å². The molecule has 0 bridgehead atoms. The summed E-state index contributed by atoms with van der Waals surface area (Å²) in [5.74, 6) is 0.314. The Morgan fingerprint density at radius 1 is 0.828 bits per heavy atom. The van der Waals surface area contributed by atoms with Crippen LogP contribution in [-0.2, 0) is 4.79 Å². The van der Waals surface area contributed by atoms with Crippen LogP contribution in [-0.4, -0.2) is 69.7 Å². The van der Waals surface area contributed by atoms with E-state index in [-0.39, 0.29) is 0 Å². The number of hydrogen-bond acceptors (Lipinski definition) is 3. The zero-order valence-corrected chi connectivity index (χ0v) is 17.7. The van der Waals surface area contributed by atoms with E-state index in [0.29, 0.717) is 12.5 Å². The lowest BCUT2D eigenvalue weighted by Gasteiger charge is -2.38. The highest BCUT2D eigenvalue weighted by molar-refractivity contribution is 5.77. The van der Waals surface area contributed by atoms with Crippen LogP contribution in [0.5, 0.6) is 0 Å². The van der Waals surface area contributed by atoms with E-state index in [1.54, 1.807) is 0 Å². The quantitative estimate of drug-likeness (QED) is 0.851. The molecule has 2 aromatic carbocycles. The van der Waals surface area contributed by atoms with Crippen molar-refractivity contribution in [1.82, 2.24) is 4.90 Å². The summed E-state index contributed by atoms with van der Waals surface area (Å²) in [7, 11) is 0. The van der Waals surface area contributed by atoms with E-state index >= 15 is 0 Å². The van der Waals surface area contributed by atoms with Gasteiger partial charge in [-0.25, -0.2) is 0 Å². The highest BCUT2D eigenvalue weighted by Crippen LogP contribution is 2.23. The molecule has 0 radical (unpaired) electrons. The molecule has 0 aliphatic carbocycles. The molecule has 0 spiro atoms. The number of amides is 1. The Bertz CT molecular complexity index is 822. The molecule has 2 aliphatic rings. The average Bonchev–Trinajstić information content (AvgIpc) is 2.77. The molecule has 0 saturated carbocycles. The summed E-state index contributed by atoms with van der Waals surface area (Å²) in [6.45, 7) is 12.6. The number of para-hydroxylation sites is 1. The van der Waals surface area contributed by atoms with Gasteiger partial charge in [-0.1, -0.05) is 30.3 Å². The lowest BCUT2D eigenvalue weighted by atomic mass is 10.1. The van der Waals surface area contributed by atoms with Gasteiger partial charge in [-0.3, -0.25) is 4.79 Å². The smallest absolute Gasteiger partial charge is 0.277 e. The van der Waals surface area contributed by atoms with Crippen LogP contribution in [0, 0.1) is 13.8 Å². The van der Waals surface area contributed by atoms with Crippen molar-refractivity contribution < 1.29 is 9.69 Å². The lowest BCUT2D eigenvalue weighted by molar-refractivity contribution is -0.892. The maximum Gasteiger partial charge on any atom is 0.277 e. The number of hydrogen-bond donors (Lipinski definition) is 1. The predicted molar refractivity (Wildman–Crippen MR) is 119 cm³/mol. The highest BCUT2D eigenvalue weighted by atomic mass is 16.2.